The second-order valence-corrected chi connectivity index (χ2v) is 5.87. The molecule has 2 aromatic rings. The average molecular weight is 384 g/mol. The Labute approximate surface area is 164 Å². The number of carbonyl (C=O) groups is 2. The van der Waals surface area contributed by atoms with Gasteiger partial charge in [-0.2, -0.15) is 0 Å². The maximum absolute atomic E-state index is 12.1. The van der Waals surface area contributed by atoms with Crippen molar-refractivity contribution >= 4 is 17.8 Å². The lowest BCUT2D eigenvalue weighted by Crippen LogP contribution is -2.12. The van der Waals surface area contributed by atoms with Crippen molar-refractivity contribution in [2.45, 2.75) is 13.3 Å². The Balaban J connectivity index is 2.00. The smallest absolute Gasteiger partial charge is 0.331 e. The Bertz CT molecular complexity index is 827. The molecule has 0 bridgehead atoms. The third kappa shape index (κ3) is 5.36. The van der Waals surface area contributed by atoms with E-state index in [0.717, 1.165) is 12.0 Å². The van der Waals surface area contributed by atoms with Gasteiger partial charge in [0, 0.05) is 11.6 Å². The van der Waals surface area contributed by atoms with Gasteiger partial charge in [-0.1, -0.05) is 31.2 Å². The van der Waals surface area contributed by atoms with Gasteiger partial charge in [-0.15, -0.1) is 0 Å². The van der Waals surface area contributed by atoms with Crippen LogP contribution in [0.3, 0.4) is 0 Å². The van der Waals surface area contributed by atoms with Gasteiger partial charge in [-0.3, -0.25) is 4.79 Å². The van der Waals surface area contributed by atoms with Crippen LogP contribution in [0.15, 0.2) is 42.5 Å². The third-order valence-corrected chi connectivity index (χ3v) is 4.13. The molecule has 0 saturated heterocycles. The minimum Gasteiger partial charge on any atom is -0.493 e. The SMILES string of the molecule is CCc1ccc(C(=O)COC(=O)/C=C/c2cc(OC)c(OC)c(OC)c2)cc1. The molecule has 0 saturated carbocycles. The van der Waals surface area contributed by atoms with Crippen LogP contribution in [0.5, 0.6) is 17.2 Å². The van der Waals surface area contributed by atoms with Gasteiger partial charge in [0.05, 0.1) is 21.3 Å². The normalized spacial score (nSPS) is 10.6. The van der Waals surface area contributed by atoms with Gasteiger partial charge in [0.15, 0.2) is 23.9 Å². The minimum atomic E-state index is -0.618. The number of hydrogen-bond donors (Lipinski definition) is 0. The van der Waals surface area contributed by atoms with E-state index in [2.05, 4.69) is 0 Å². The molecule has 6 nitrogen and oxygen atoms in total. The predicted molar refractivity (Wildman–Crippen MR) is 106 cm³/mol. The number of hydrogen-bond acceptors (Lipinski definition) is 6. The number of esters is 1. The first kappa shape index (κ1) is 21.0. The summed E-state index contributed by atoms with van der Waals surface area (Å²) in [6, 6.07) is 10.7. The number of Topliss-reactive ketones (excluding diaryl/α,β-unsaturated/α-hetero) is 1. The molecule has 0 aliphatic heterocycles. The van der Waals surface area contributed by atoms with Gasteiger partial charge >= 0.3 is 5.97 Å². The summed E-state index contributed by atoms with van der Waals surface area (Å²) in [7, 11) is 4.54. The molecule has 0 amide bonds. The maximum Gasteiger partial charge on any atom is 0.331 e. The molecule has 6 heteroatoms. The van der Waals surface area contributed by atoms with Crippen LogP contribution in [-0.2, 0) is 16.0 Å². The average Bonchev–Trinajstić information content (AvgIpc) is 2.74. The molecule has 0 spiro atoms. The molecule has 0 unspecified atom stereocenters. The number of ketones is 1. The summed E-state index contributed by atoms with van der Waals surface area (Å²) < 4.78 is 20.8. The van der Waals surface area contributed by atoms with E-state index in [1.165, 1.54) is 27.4 Å². The zero-order valence-electron chi connectivity index (χ0n) is 16.5. The number of methoxy groups -OCH3 is 3. The summed E-state index contributed by atoms with van der Waals surface area (Å²) in [5.74, 6) is 0.537. The van der Waals surface area contributed by atoms with E-state index in [4.69, 9.17) is 18.9 Å². The Hall–Kier alpha value is -3.28. The van der Waals surface area contributed by atoms with Crippen LogP contribution in [-0.4, -0.2) is 39.7 Å². The standard InChI is InChI=1S/C22H24O6/c1-5-15-6-9-17(10-7-15)18(23)14-28-21(24)11-8-16-12-19(25-2)22(27-4)20(13-16)26-3/h6-13H,5,14H2,1-4H3/b11-8+. The molecule has 0 radical (unpaired) electrons. The van der Waals surface area contributed by atoms with Crippen LogP contribution >= 0.6 is 0 Å². The molecule has 2 rings (SSSR count). The second-order valence-electron chi connectivity index (χ2n) is 5.87. The van der Waals surface area contributed by atoms with Crippen molar-refractivity contribution in [2.75, 3.05) is 27.9 Å². The maximum atomic E-state index is 12.1. The van der Waals surface area contributed by atoms with Gasteiger partial charge in [0.1, 0.15) is 0 Å². The highest BCUT2D eigenvalue weighted by atomic mass is 16.5. The second kappa shape index (κ2) is 10.2. The van der Waals surface area contributed by atoms with Crippen molar-refractivity contribution in [1.29, 1.82) is 0 Å². The first-order valence-electron chi connectivity index (χ1n) is 8.79. The quantitative estimate of drug-likeness (QED) is 0.373. The molecular weight excluding hydrogens is 360 g/mol. The van der Waals surface area contributed by atoms with E-state index >= 15 is 0 Å². The van der Waals surface area contributed by atoms with E-state index in [1.54, 1.807) is 30.3 Å². The van der Waals surface area contributed by atoms with Crippen LogP contribution in [0, 0.1) is 0 Å². The first-order valence-corrected chi connectivity index (χ1v) is 8.79. The van der Waals surface area contributed by atoms with E-state index in [9.17, 15) is 9.59 Å². The molecule has 0 N–H and O–H groups in total. The molecular formula is C22H24O6. The van der Waals surface area contributed by atoms with Crippen LogP contribution < -0.4 is 14.2 Å². The fourth-order valence-corrected chi connectivity index (χ4v) is 2.56. The molecule has 0 atom stereocenters. The summed E-state index contributed by atoms with van der Waals surface area (Å²) in [6.07, 6.45) is 3.69. The van der Waals surface area contributed by atoms with Crippen LogP contribution in [0.25, 0.3) is 6.08 Å². The van der Waals surface area contributed by atoms with Crippen LogP contribution in [0.1, 0.15) is 28.4 Å². The highest BCUT2D eigenvalue weighted by Gasteiger charge is 2.13. The van der Waals surface area contributed by atoms with E-state index in [0.29, 0.717) is 28.4 Å². The van der Waals surface area contributed by atoms with Crippen molar-refractivity contribution in [1.82, 2.24) is 0 Å². The Kier molecular flexibility index (Phi) is 7.63. The van der Waals surface area contributed by atoms with Gasteiger partial charge in [-0.25, -0.2) is 4.79 Å². The van der Waals surface area contributed by atoms with E-state index < -0.39 is 5.97 Å². The molecule has 0 heterocycles. The Morgan fingerprint density at radius 3 is 2.04 bits per heavy atom. The van der Waals surface area contributed by atoms with Gasteiger partial charge in [0.25, 0.3) is 0 Å². The van der Waals surface area contributed by atoms with Crippen molar-refractivity contribution in [3.05, 3.63) is 59.2 Å². The summed E-state index contributed by atoms with van der Waals surface area (Å²) in [5, 5.41) is 0. The molecule has 2 aromatic carbocycles. The van der Waals surface area contributed by atoms with Crippen molar-refractivity contribution in [3.8, 4) is 17.2 Å². The lowest BCUT2D eigenvalue weighted by molar-refractivity contribution is -0.136. The third-order valence-electron chi connectivity index (χ3n) is 4.13. The zero-order valence-corrected chi connectivity index (χ0v) is 16.5. The van der Waals surface area contributed by atoms with Crippen molar-refractivity contribution in [3.63, 3.8) is 0 Å². The number of carbonyl (C=O) groups excluding carboxylic acids is 2. The topological polar surface area (TPSA) is 71.1 Å². The molecule has 0 aromatic heterocycles. The van der Waals surface area contributed by atoms with Crippen LogP contribution in [0.4, 0.5) is 0 Å². The molecule has 0 aliphatic carbocycles. The number of rotatable bonds is 9. The summed E-state index contributed by atoms with van der Waals surface area (Å²) in [4.78, 5) is 24.0. The lowest BCUT2D eigenvalue weighted by atomic mass is 10.1. The Morgan fingerprint density at radius 2 is 1.54 bits per heavy atom. The minimum absolute atomic E-state index is 0.253. The molecule has 0 aliphatic rings. The largest absolute Gasteiger partial charge is 0.493 e. The summed E-state index contributed by atoms with van der Waals surface area (Å²) in [5.41, 5.74) is 2.31. The molecule has 28 heavy (non-hydrogen) atoms. The van der Waals surface area contributed by atoms with Gasteiger partial charge < -0.3 is 18.9 Å². The highest BCUT2D eigenvalue weighted by molar-refractivity contribution is 5.98. The zero-order chi connectivity index (χ0) is 20.5. The first-order chi connectivity index (χ1) is 13.5. The monoisotopic (exact) mass is 384 g/mol. The van der Waals surface area contributed by atoms with Crippen molar-refractivity contribution in [2.24, 2.45) is 0 Å². The van der Waals surface area contributed by atoms with Gasteiger partial charge in [0.2, 0.25) is 5.75 Å². The Morgan fingerprint density at radius 1 is 0.929 bits per heavy atom. The van der Waals surface area contributed by atoms with Gasteiger partial charge in [-0.05, 0) is 35.8 Å². The number of benzene rings is 2. The highest BCUT2D eigenvalue weighted by Crippen LogP contribution is 2.38. The fraction of sp³-hybridized carbons (Fsp3) is 0.273. The van der Waals surface area contributed by atoms with Crippen LogP contribution in [0.2, 0.25) is 0 Å². The fourth-order valence-electron chi connectivity index (χ4n) is 2.56. The summed E-state index contributed by atoms with van der Waals surface area (Å²) in [6.45, 7) is 1.73. The number of aryl methyl sites for hydroxylation is 1. The van der Waals surface area contributed by atoms with E-state index in [-0.39, 0.29) is 12.4 Å². The number of ether oxygens (including phenoxy) is 4. The predicted octanol–water partition coefficient (Wildman–Crippen LogP) is 3.71. The lowest BCUT2D eigenvalue weighted by Gasteiger charge is -2.12. The van der Waals surface area contributed by atoms with Crippen molar-refractivity contribution < 1.29 is 28.5 Å². The summed E-state index contributed by atoms with van der Waals surface area (Å²) >= 11 is 0. The van der Waals surface area contributed by atoms with E-state index in [1.807, 2.05) is 19.1 Å². The molecule has 0 fully saturated rings. The molecule has 148 valence electrons.